The Morgan fingerprint density at radius 2 is 1.89 bits per heavy atom. The van der Waals surface area contributed by atoms with E-state index in [1.807, 2.05) is 12.1 Å². The maximum atomic E-state index is 6.28. The molecule has 0 saturated heterocycles. The molecule has 0 aromatic heterocycles. The fourth-order valence-corrected chi connectivity index (χ4v) is 2.14. The number of benzene rings is 1. The molecule has 0 aliphatic carbocycles. The Hall–Kier alpha value is -0.730. The lowest BCUT2D eigenvalue weighted by molar-refractivity contribution is 0.193. The summed E-state index contributed by atoms with van der Waals surface area (Å²) in [5, 5.41) is 4.12. The van der Waals surface area contributed by atoms with Crippen LogP contribution < -0.4 is 10.1 Å². The topological polar surface area (TPSA) is 21.3 Å². The Labute approximate surface area is 122 Å². The average molecular weight is 284 g/mol. The molecule has 2 nitrogen and oxygen atoms in total. The highest BCUT2D eigenvalue weighted by molar-refractivity contribution is 6.32. The molecule has 1 N–H and O–H groups in total. The quantitative estimate of drug-likeness (QED) is 0.750. The summed E-state index contributed by atoms with van der Waals surface area (Å²) >= 11 is 6.28. The number of ether oxygens (including phenoxy) is 1. The van der Waals surface area contributed by atoms with Gasteiger partial charge in [-0.25, -0.2) is 0 Å². The molecule has 1 aromatic carbocycles. The summed E-state index contributed by atoms with van der Waals surface area (Å²) in [6.45, 7) is 10.5. The molecule has 0 aliphatic heterocycles. The van der Waals surface area contributed by atoms with Crippen molar-refractivity contribution < 1.29 is 4.74 Å². The van der Waals surface area contributed by atoms with E-state index in [1.54, 1.807) is 0 Å². The number of halogens is 1. The Bertz CT molecular complexity index is 375. The van der Waals surface area contributed by atoms with Gasteiger partial charge in [0.25, 0.3) is 0 Å². The van der Waals surface area contributed by atoms with Crippen molar-refractivity contribution in [3.8, 4) is 5.75 Å². The molecule has 3 heteroatoms. The van der Waals surface area contributed by atoms with Gasteiger partial charge in [-0.1, -0.05) is 45.4 Å². The minimum atomic E-state index is 0.252. The lowest BCUT2D eigenvalue weighted by atomic mass is 10.2. The first-order valence-corrected chi connectivity index (χ1v) is 7.60. The molecule has 0 atom stereocenters. The second-order valence-corrected chi connectivity index (χ2v) is 5.75. The summed E-state index contributed by atoms with van der Waals surface area (Å²) in [6.07, 6.45) is 2.26. The van der Waals surface area contributed by atoms with Gasteiger partial charge in [0.15, 0.2) is 0 Å². The van der Waals surface area contributed by atoms with Crippen LogP contribution in [0.5, 0.6) is 5.75 Å². The normalized spacial score (nSPS) is 11.3. The molecule has 0 amide bonds. The Kier molecular flexibility index (Phi) is 7.25. The van der Waals surface area contributed by atoms with E-state index in [-0.39, 0.29) is 6.10 Å². The highest BCUT2D eigenvalue weighted by atomic mass is 35.5. The van der Waals surface area contributed by atoms with Crippen molar-refractivity contribution in [3.63, 3.8) is 0 Å². The molecule has 0 saturated carbocycles. The first kappa shape index (κ1) is 16.3. The zero-order valence-electron chi connectivity index (χ0n) is 12.5. The zero-order valence-corrected chi connectivity index (χ0v) is 13.3. The van der Waals surface area contributed by atoms with Crippen molar-refractivity contribution in [2.24, 2.45) is 5.92 Å². The van der Waals surface area contributed by atoms with Gasteiger partial charge in [0, 0.05) is 6.54 Å². The van der Waals surface area contributed by atoms with Gasteiger partial charge in [-0.15, -0.1) is 0 Å². The van der Waals surface area contributed by atoms with E-state index in [0.29, 0.717) is 10.9 Å². The van der Waals surface area contributed by atoms with Crippen LogP contribution in [0.1, 0.15) is 46.1 Å². The van der Waals surface area contributed by atoms with Crippen molar-refractivity contribution >= 4 is 11.6 Å². The molecule has 0 fully saturated rings. The van der Waals surface area contributed by atoms with Crippen LogP contribution >= 0.6 is 11.6 Å². The van der Waals surface area contributed by atoms with Crippen LogP contribution in [0, 0.1) is 5.92 Å². The van der Waals surface area contributed by atoms with Crippen molar-refractivity contribution in [3.05, 3.63) is 28.8 Å². The van der Waals surface area contributed by atoms with Gasteiger partial charge in [-0.2, -0.15) is 0 Å². The molecule has 0 spiro atoms. The van der Waals surface area contributed by atoms with E-state index in [9.17, 15) is 0 Å². The largest absolute Gasteiger partial charge is 0.489 e. The minimum Gasteiger partial charge on any atom is -0.489 e. The zero-order chi connectivity index (χ0) is 14.3. The van der Waals surface area contributed by atoms with Crippen molar-refractivity contribution in [1.29, 1.82) is 0 Å². The van der Waals surface area contributed by atoms with E-state index in [0.717, 1.165) is 31.7 Å². The summed E-state index contributed by atoms with van der Waals surface area (Å²) in [6, 6.07) is 6.05. The van der Waals surface area contributed by atoms with Gasteiger partial charge in [-0.3, -0.25) is 0 Å². The van der Waals surface area contributed by atoms with Gasteiger partial charge in [0.1, 0.15) is 5.75 Å². The highest BCUT2D eigenvalue weighted by Gasteiger charge is 2.09. The van der Waals surface area contributed by atoms with Crippen molar-refractivity contribution in [2.75, 3.05) is 6.54 Å². The van der Waals surface area contributed by atoms with Crippen LogP contribution in [0.2, 0.25) is 5.02 Å². The van der Waals surface area contributed by atoms with Crippen LogP contribution in [-0.4, -0.2) is 12.6 Å². The van der Waals surface area contributed by atoms with E-state index in [4.69, 9.17) is 16.3 Å². The van der Waals surface area contributed by atoms with Gasteiger partial charge >= 0.3 is 0 Å². The first-order chi connectivity index (χ1) is 9.06. The standard InChI is InChI=1S/C16H26ClNO/c1-5-14(6-2)19-16-8-7-13(9-15(16)17)11-18-10-12(3)4/h7-9,12,14,18H,5-6,10-11H2,1-4H3. The molecule has 0 aliphatic rings. The summed E-state index contributed by atoms with van der Waals surface area (Å²) in [7, 11) is 0. The van der Waals surface area contributed by atoms with Crippen LogP contribution in [0.4, 0.5) is 0 Å². The smallest absolute Gasteiger partial charge is 0.138 e. The van der Waals surface area contributed by atoms with Crippen LogP contribution in [0.25, 0.3) is 0 Å². The van der Waals surface area contributed by atoms with Crippen LogP contribution in [-0.2, 0) is 6.54 Å². The summed E-state index contributed by atoms with van der Waals surface area (Å²) in [5.74, 6) is 1.45. The fraction of sp³-hybridized carbons (Fsp3) is 0.625. The third kappa shape index (κ3) is 5.84. The van der Waals surface area contributed by atoms with Gasteiger partial charge < -0.3 is 10.1 Å². The van der Waals surface area contributed by atoms with Gasteiger partial charge in [0.2, 0.25) is 0 Å². The molecular weight excluding hydrogens is 258 g/mol. The molecule has 0 radical (unpaired) electrons. The van der Waals surface area contributed by atoms with E-state index in [2.05, 4.69) is 39.1 Å². The second-order valence-electron chi connectivity index (χ2n) is 5.35. The fourth-order valence-electron chi connectivity index (χ4n) is 1.89. The van der Waals surface area contributed by atoms with Gasteiger partial charge in [-0.05, 0) is 43.0 Å². The maximum absolute atomic E-state index is 6.28. The average Bonchev–Trinajstić information content (AvgIpc) is 2.37. The van der Waals surface area contributed by atoms with E-state index in [1.165, 1.54) is 5.56 Å². The molecule has 19 heavy (non-hydrogen) atoms. The molecule has 0 unspecified atom stereocenters. The lowest BCUT2D eigenvalue weighted by Gasteiger charge is -2.17. The SMILES string of the molecule is CCC(CC)Oc1ccc(CNCC(C)C)cc1Cl. The Morgan fingerprint density at radius 3 is 2.42 bits per heavy atom. The van der Waals surface area contributed by atoms with E-state index >= 15 is 0 Å². The maximum Gasteiger partial charge on any atom is 0.138 e. The minimum absolute atomic E-state index is 0.252. The molecule has 0 bridgehead atoms. The molecule has 0 heterocycles. The first-order valence-electron chi connectivity index (χ1n) is 7.22. The summed E-state index contributed by atoms with van der Waals surface area (Å²) < 4.78 is 5.89. The van der Waals surface area contributed by atoms with Crippen molar-refractivity contribution in [1.82, 2.24) is 5.32 Å². The highest BCUT2D eigenvalue weighted by Crippen LogP contribution is 2.27. The van der Waals surface area contributed by atoms with Gasteiger partial charge in [0.05, 0.1) is 11.1 Å². The predicted octanol–water partition coefficient (Wildman–Crippen LogP) is 4.65. The molecular formula is C16H26ClNO. The monoisotopic (exact) mass is 283 g/mol. The van der Waals surface area contributed by atoms with Crippen LogP contribution in [0.15, 0.2) is 18.2 Å². The third-order valence-corrected chi connectivity index (χ3v) is 3.38. The number of hydrogen-bond donors (Lipinski definition) is 1. The summed E-state index contributed by atoms with van der Waals surface area (Å²) in [4.78, 5) is 0. The van der Waals surface area contributed by atoms with E-state index < -0.39 is 0 Å². The lowest BCUT2D eigenvalue weighted by Crippen LogP contribution is -2.19. The number of nitrogens with one attached hydrogen (secondary N) is 1. The second kappa shape index (κ2) is 8.44. The van der Waals surface area contributed by atoms with Crippen LogP contribution in [0.3, 0.4) is 0 Å². The van der Waals surface area contributed by atoms with Crippen molar-refractivity contribution in [2.45, 2.75) is 53.2 Å². The molecule has 1 rings (SSSR count). The number of hydrogen-bond acceptors (Lipinski definition) is 2. The Balaban J connectivity index is 2.58. The molecule has 108 valence electrons. The molecule has 1 aromatic rings. The Morgan fingerprint density at radius 1 is 1.21 bits per heavy atom. The predicted molar refractivity (Wildman–Crippen MR) is 83.0 cm³/mol. The summed E-state index contributed by atoms with van der Waals surface area (Å²) in [5.41, 5.74) is 1.20. The third-order valence-electron chi connectivity index (χ3n) is 3.08. The number of rotatable bonds is 8.